The van der Waals surface area contributed by atoms with Crippen LogP contribution in [0.5, 0.6) is 0 Å². The second-order valence-corrected chi connectivity index (χ2v) is 6.77. The molecular weight excluding hydrogens is 354 g/mol. The lowest BCUT2D eigenvalue weighted by Gasteiger charge is -2.24. The zero-order chi connectivity index (χ0) is 18.5. The maximum absolute atomic E-state index is 12.6. The van der Waals surface area contributed by atoms with Gasteiger partial charge in [0.1, 0.15) is 0 Å². The smallest absolute Gasteiger partial charge is 0.317 e. The van der Waals surface area contributed by atoms with Crippen LogP contribution in [0.2, 0.25) is 5.02 Å². The van der Waals surface area contributed by atoms with Crippen molar-refractivity contribution in [3.05, 3.63) is 59.0 Å². The van der Waals surface area contributed by atoms with Crippen molar-refractivity contribution in [2.75, 3.05) is 26.2 Å². The Hall–Kier alpha value is -2.47. The summed E-state index contributed by atoms with van der Waals surface area (Å²) in [5.41, 5.74) is 0.993. The molecule has 1 aromatic heterocycles. The Morgan fingerprint density at radius 1 is 1.08 bits per heavy atom. The number of hydrogen-bond acceptors (Lipinski definition) is 3. The molecule has 1 aliphatic heterocycles. The number of hydrogen-bond donors (Lipinski definition) is 1. The first-order valence-electron chi connectivity index (χ1n) is 8.68. The average molecular weight is 376 g/mol. The number of nitrogens with one attached hydrogen (secondary N) is 1. The summed E-state index contributed by atoms with van der Waals surface area (Å²) in [5, 5.41) is 3.67. The molecule has 7 heteroatoms. The van der Waals surface area contributed by atoms with Crippen molar-refractivity contribution >= 4 is 23.5 Å². The highest BCUT2D eigenvalue weighted by molar-refractivity contribution is 6.30. The van der Waals surface area contributed by atoms with E-state index in [1.807, 2.05) is 31.2 Å². The SMILES string of the molecule is C[C@@H](NC(=O)N1CCCN(C(=O)c2ccco2)CC1)c1ccc(Cl)cc1. The highest BCUT2D eigenvalue weighted by Crippen LogP contribution is 2.17. The second-order valence-electron chi connectivity index (χ2n) is 6.33. The van der Waals surface area contributed by atoms with Gasteiger partial charge in [-0.15, -0.1) is 0 Å². The summed E-state index contributed by atoms with van der Waals surface area (Å²) in [5.74, 6) is 0.200. The van der Waals surface area contributed by atoms with Crippen LogP contribution in [-0.4, -0.2) is 47.9 Å². The van der Waals surface area contributed by atoms with E-state index in [1.54, 1.807) is 21.9 Å². The highest BCUT2D eigenvalue weighted by Gasteiger charge is 2.24. The number of furan rings is 1. The van der Waals surface area contributed by atoms with E-state index in [4.69, 9.17) is 16.0 Å². The minimum Gasteiger partial charge on any atom is -0.459 e. The van der Waals surface area contributed by atoms with Gasteiger partial charge in [-0.2, -0.15) is 0 Å². The first-order chi connectivity index (χ1) is 12.5. The molecule has 0 saturated carbocycles. The van der Waals surface area contributed by atoms with Crippen molar-refractivity contribution in [2.45, 2.75) is 19.4 Å². The van der Waals surface area contributed by atoms with Gasteiger partial charge in [-0.25, -0.2) is 4.79 Å². The molecule has 0 aliphatic carbocycles. The number of urea groups is 1. The molecule has 2 aromatic rings. The monoisotopic (exact) mass is 375 g/mol. The summed E-state index contributed by atoms with van der Waals surface area (Å²) in [7, 11) is 0. The number of benzene rings is 1. The third kappa shape index (κ3) is 4.38. The first-order valence-corrected chi connectivity index (χ1v) is 9.06. The van der Waals surface area contributed by atoms with Crippen LogP contribution >= 0.6 is 11.6 Å². The maximum atomic E-state index is 12.6. The topological polar surface area (TPSA) is 65.8 Å². The van der Waals surface area contributed by atoms with Gasteiger partial charge in [0.2, 0.25) is 0 Å². The largest absolute Gasteiger partial charge is 0.459 e. The number of carbonyl (C=O) groups excluding carboxylic acids is 2. The van der Waals surface area contributed by atoms with Crippen LogP contribution in [0.3, 0.4) is 0 Å². The van der Waals surface area contributed by atoms with Crippen molar-refractivity contribution in [3.8, 4) is 0 Å². The van der Waals surface area contributed by atoms with Gasteiger partial charge in [0, 0.05) is 31.2 Å². The van der Waals surface area contributed by atoms with Gasteiger partial charge in [0.25, 0.3) is 5.91 Å². The molecule has 3 amide bonds. The van der Waals surface area contributed by atoms with Crippen LogP contribution in [0.4, 0.5) is 4.79 Å². The molecule has 26 heavy (non-hydrogen) atoms. The van der Waals surface area contributed by atoms with Crippen LogP contribution in [0.25, 0.3) is 0 Å². The Bertz CT molecular complexity index is 746. The Balaban J connectivity index is 1.55. The van der Waals surface area contributed by atoms with E-state index >= 15 is 0 Å². The predicted octanol–water partition coefficient (Wildman–Crippen LogP) is 3.55. The fourth-order valence-electron chi connectivity index (χ4n) is 2.99. The van der Waals surface area contributed by atoms with Crippen molar-refractivity contribution in [1.82, 2.24) is 15.1 Å². The standard InChI is InChI=1S/C19H22ClN3O3/c1-14(15-5-7-16(20)8-6-15)21-19(25)23-10-3-9-22(11-12-23)18(24)17-4-2-13-26-17/h2,4-8,13-14H,3,9-12H2,1H3,(H,21,25)/t14-/m1/s1. The highest BCUT2D eigenvalue weighted by atomic mass is 35.5. The average Bonchev–Trinajstić information content (AvgIpc) is 3.06. The molecule has 0 radical (unpaired) electrons. The zero-order valence-corrected chi connectivity index (χ0v) is 15.4. The lowest BCUT2D eigenvalue weighted by atomic mass is 10.1. The summed E-state index contributed by atoms with van der Waals surface area (Å²) in [6.07, 6.45) is 2.22. The minimum absolute atomic E-state index is 0.121. The maximum Gasteiger partial charge on any atom is 0.317 e. The molecule has 0 unspecified atom stereocenters. The normalized spacial score (nSPS) is 16.1. The summed E-state index contributed by atoms with van der Waals surface area (Å²) in [6, 6.07) is 10.5. The van der Waals surface area contributed by atoms with Gasteiger partial charge in [-0.1, -0.05) is 23.7 Å². The van der Waals surface area contributed by atoms with Crippen LogP contribution in [0, 0.1) is 0 Å². The Morgan fingerprint density at radius 3 is 2.46 bits per heavy atom. The van der Waals surface area contributed by atoms with E-state index < -0.39 is 0 Å². The quantitative estimate of drug-likeness (QED) is 0.892. The Kier molecular flexibility index (Phi) is 5.83. The summed E-state index contributed by atoms with van der Waals surface area (Å²) in [4.78, 5) is 28.4. The van der Waals surface area contributed by atoms with Crippen LogP contribution in [-0.2, 0) is 0 Å². The second kappa shape index (κ2) is 8.27. The lowest BCUT2D eigenvalue weighted by molar-refractivity contribution is 0.0730. The number of amides is 3. The number of rotatable bonds is 3. The van der Waals surface area contributed by atoms with Gasteiger partial charge in [-0.05, 0) is 43.2 Å². The third-order valence-electron chi connectivity index (χ3n) is 4.51. The van der Waals surface area contributed by atoms with Crippen LogP contribution in [0.1, 0.15) is 35.5 Å². The number of carbonyl (C=O) groups is 2. The summed E-state index contributed by atoms with van der Waals surface area (Å²) < 4.78 is 5.18. The fourth-order valence-corrected chi connectivity index (χ4v) is 3.12. The molecule has 1 aromatic carbocycles. The van der Waals surface area contributed by atoms with Crippen LogP contribution < -0.4 is 5.32 Å². The molecule has 1 fully saturated rings. The molecule has 1 aliphatic rings. The summed E-state index contributed by atoms with van der Waals surface area (Å²) in [6.45, 7) is 4.14. The van der Waals surface area contributed by atoms with E-state index in [9.17, 15) is 9.59 Å². The molecule has 0 bridgehead atoms. The number of nitrogens with zero attached hydrogens (tertiary/aromatic N) is 2. The van der Waals surface area contributed by atoms with Crippen molar-refractivity contribution < 1.29 is 14.0 Å². The van der Waals surface area contributed by atoms with Gasteiger partial charge in [-0.3, -0.25) is 4.79 Å². The Morgan fingerprint density at radius 2 is 1.77 bits per heavy atom. The van der Waals surface area contributed by atoms with Gasteiger partial charge < -0.3 is 19.5 Å². The number of halogens is 1. The van der Waals surface area contributed by atoms with E-state index in [1.165, 1.54) is 6.26 Å². The van der Waals surface area contributed by atoms with E-state index in [2.05, 4.69) is 5.32 Å². The molecule has 1 N–H and O–H groups in total. The van der Waals surface area contributed by atoms with Crippen molar-refractivity contribution in [2.24, 2.45) is 0 Å². The van der Waals surface area contributed by atoms with Crippen molar-refractivity contribution in [3.63, 3.8) is 0 Å². The molecule has 3 rings (SSSR count). The zero-order valence-electron chi connectivity index (χ0n) is 14.7. The third-order valence-corrected chi connectivity index (χ3v) is 4.76. The van der Waals surface area contributed by atoms with E-state index in [-0.39, 0.29) is 18.0 Å². The van der Waals surface area contributed by atoms with Crippen molar-refractivity contribution in [1.29, 1.82) is 0 Å². The van der Waals surface area contributed by atoms with Crippen LogP contribution in [0.15, 0.2) is 47.1 Å². The molecule has 138 valence electrons. The molecule has 1 atom stereocenters. The molecule has 0 spiro atoms. The molecule has 1 saturated heterocycles. The van der Waals surface area contributed by atoms with Gasteiger partial charge >= 0.3 is 6.03 Å². The van der Waals surface area contributed by atoms with E-state index in [0.29, 0.717) is 37.0 Å². The fraction of sp³-hybridized carbons (Fsp3) is 0.368. The van der Waals surface area contributed by atoms with Gasteiger partial charge in [0.05, 0.1) is 12.3 Å². The predicted molar refractivity (Wildman–Crippen MR) is 99.2 cm³/mol. The Labute approximate surface area is 157 Å². The lowest BCUT2D eigenvalue weighted by Crippen LogP contribution is -2.43. The molecule has 2 heterocycles. The minimum atomic E-state index is -0.133. The first kappa shape index (κ1) is 18.3. The molecule has 6 nitrogen and oxygen atoms in total. The van der Waals surface area contributed by atoms with Gasteiger partial charge in [0.15, 0.2) is 5.76 Å². The summed E-state index contributed by atoms with van der Waals surface area (Å²) >= 11 is 5.90. The molecular formula is C19H22ClN3O3. The van der Waals surface area contributed by atoms with E-state index in [0.717, 1.165) is 12.0 Å².